The molecule has 0 N–H and O–H groups in total. The van der Waals surface area contributed by atoms with Gasteiger partial charge in [-0.3, -0.25) is 4.79 Å². The molecule has 0 aromatic rings. The van der Waals surface area contributed by atoms with Crippen molar-refractivity contribution in [2.24, 2.45) is 17.8 Å². The van der Waals surface area contributed by atoms with Crippen LogP contribution in [0.15, 0.2) is 11.6 Å². The van der Waals surface area contributed by atoms with Crippen molar-refractivity contribution in [3.8, 4) is 0 Å². The molecule has 1 aliphatic heterocycles. The van der Waals surface area contributed by atoms with Crippen molar-refractivity contribution in [3.63, 3.8) is 0 Å². The molecule has 1 aliphatic rings. The van der Waals surface area contributed by atoms with Crippen LogP contribution in [0.1, 0.15) is 53.9 Å². The first-order chi connectivity index (χ1) is 10.6. The molecule has 0 amide bonds. The molecule has 1 heterocycles. The van der Waals surface area contributed by atoms with Crippen LogP contribution in [-0.2, 0) is 14.0 Å². The van der Waals surface area contributed by atoms with Gasteiger partial charge >= 0.3 is 5.97 Å². The van der Waals surface area contributed by atoms with Gasteiger partial charge in [-0.05, 0) is 77.4 Å². The highest BCUT2D eigenvalue weighted by Crippen LogP contribution is 2.37. The van der Waals surface area contributed by atoms with Gasteiger partial charge in [0.05, 0.1) is 6.61 Å². The molecule has 0 saturated carbocycles. The van der Waals surface area contributed by atoms with Crippen LogP contribution in [0.4, 0.5) is 0 Å². The normalized spacial score (nSPS) is 23.6. The Labute approximate surface area is 144 Å². The van der Waals surface area contributed by atoms with Crippen LogP contribution in [0.25, 0.3) is 0 Å². The minimum absolute atomic E-state index is 0.0305. The van der Waals surface area contributed by atoms with Crippen molar-refractivity contribution in [1.82, 2.24) is 0 Å². The molecule has 1 fully saturated rings. The minimum Gasteiger partial charge on any atom is -0.465 e. The van der Waals surface area contributed by atoms with Crippen molar-refractivity contribution in [3.05, 3.63) is 11.6 Å². The second kappa shape index (κ2) is 9.02. The van der Waals surface area contributed by atoms with E-state index >= 15 is 0 Å². The standard InChI is InChI=1S/C19H36O3Si/c1-14(2)9-8-10-16(5)18-12-21-19(20)11-17(18)13-23(6,7)22-15(3)4/h9,15-18H,8,10-13H2,1-7H3/t16-,17+,18+/m0/s1. The molecule has 134 valence electrons. The molecular formula is C19H36O3Si. The van der Waals surface area contributed by atoms with E-state index in [2.05, 4.69) is 53.8 Å². The Morgan fingerprint density at radius 3 is 2.57 bits per heavy atom. The Hall–Kier alpha value is -0.613. The van der Waals surface area contributed by atoms with Gasteiger partial charge in [0.25, 0.3) is 0 Å². The van der Waals surface area contributed by atoms with Crippen LogP contribution in [0.3, 0.4) is 0 Å². The van der Waals surface area contributed by atoms with E-state index in [1.807, 2.05) is 0 Å². The summed E-state index contributed by atoms with van der Waals surface area (Å²) in [4.78, 5) is 11.8. The number of hydrogen-bond donors (Lipinski definition) is 0. The fraction of sp³-hybridized carbons (Fsp3) is 0.842. The highest BCUT2D eigenvalue weighted by Gasteiger charge is 2.39. The number of cyclic esters (lactones) is 1. The predicted octanol–water partition coefficient (Wildman–Crippen LogP) is 5.18. The number of esters is 1. The summed E-state index contributed by atoms with van der Waals surface area (Å²) < 4.78 is 11.6. The van der Waals surface area contributed by atoms with Crippen molar-refractivity contribution in [1.29, 1.82) is 0 Å². The molecule has 0 aromatic carbocycles. The number of rotatable bonds is 8. The molecular weight excluding hydrogens is 304 g/mol. The minimum atomic E-state index is -1.74. The highest BCUT2D eigenvalue weighted by atomic mass is 28.4. The molecule has 3 nitrogen and oxygen atoms in total. The van der Waals surface area contributed by atoms with E-state index in [-0.39, 0.29) is 12.1 Å². The molecule has 0 aliphatic carbocycles. The third kappa shape index (κ3) is 7.66. The van der Waals surface area contributed by atoms with Gasteiger partial charge in [-0.2, -0.15) is 0 Å². The Morgan fingerprint density at radius 2 is 2.00 bits per heavy atom. The summed E-state index contributed by atoms with van der Waals surface area (Å²) in [5, 5.41) is 0. The average Bonchev–Trinajstić information content (AvgIpc) is 2.35. The third-order valence-electron chi connectivity index (χ3n) is 4.69. The van der Waals surface area contributed by atoms with Crippen LogP contribution in [0.5, 0.6) is 0 Å². The summed E-state index contributed by atoms with van der Waals surface area (Å²) in [5.74, 6) is 1.43. The number of hydrogen-bond acceptors (Lipinski definition) is 3. The smallest absolute Gasteiger partial charge is 0.306 e. The molecule has 1 rings (SSSR count). The van der Waals surface area contributed by atoms with Gasteiger partial charge in [0.2, 0.25) is 0 Å². The van der Waals surface area contributed by atoms with Crippen LogP contribution in [0.2, 0.25) is 19.1 Å². The van der Waals surface area contributed by atoms with E-state index in [9.17, 15) is 4.79 Å². The lowest BCUT2D eigenvalue weighted by molar-refractivity contribution is -0.154. The Balaban J connectivity index is 2.70. The fourth-order valence-electron chi connectivity index (χ4n) is 3.77. The molecule has 3 atom stereocenters. The van der Waals surface area contributed by atoms with E-state index in [0.29, 0.717) is 30.8 Å². The zero-order chi connectivity index (χ0) is 17.6. The van der Waals surface area contributed by atoms with Crippen LogP contribution >= 0.6 is 0 Å². The van der Waals surface area contributed by atoms with Gasteiger partial charge in [0, 0.05) is 12.5 Å². The summed E-state index contributed by atoms with van der Waals surface area (Å²) in [6.45, 7) is 15.9. The second-order valence-corrected chi connectivity index (χ2v) is 12.4. The van der Waals surface area contributed by atoms with Crippen molar-refractivity contribution in [2.75, 3.05) is 6.61 Å². The highest BCUT2D eigenvalue weighted by molar-refractivity contribution is 6.71. The maximum Gasteiger partial charge on any atom is 0.306 e. The van der Waals surface area contributed by atoms with Gasteiger partial charge in [0.15, 0.2) is 8.32 Å². The number of ether oxygens (including phenoxy) is 1. The van der Waals surface area contributed by atoms with E-state index in [0.717, 1.165) is 18.9 Å². The molecule has 0 unspecified atom stereocenters. The first-order valence-corrected chi connectivity index (χ1v) is 12.2. The molecule has 0 spiro atoms. The predicted molar refractivity (Wildman–Crippen MR) is 98.9 cm³/mol. The zero-order valence-electron chi connectivity index (χ0n) is 16.1. The first kappa shape index (κ1) is 20.4. The monoisotopic (exact) mass is 340 g/mol. The fourth-order valence-corrected chi connectivity index (χ4v) is 6.85. The average molecular weight is 341 g/mol. The van der Waals surface area contributed by atoms with E-state index in [1.165, 1.54) is 5.57 Å². The molecule has 1 saturated heterocycles. The van der Waals surface area contributed by atoms with E-state index < -0.39 is 8.32 Å². The molecule has 0 radical (unpaired) electrons. The van der Waals surface area contributed by atoms with E-state index in [4.69, 9.17) is 9.16 Å². The van der Waals surface area contributed by atoms with Gasteiger partial charge in [-0.15, -0.1) is 0 Å². The molecule has 0 aromatic heterocycles. The molecule has 23 heavy (non-hydrogen) atoms. The van der Waals surface area contributed by atoms with Crippen LogP contribution < -0.4 is 0 Å². The summed E-state index contributed by atoms with van der Waals surface area (Å²) in [5.41, 5.74) is 1.38. The summed E-state index contributed by atoms with van der Waals surface area (Å²) in [6, 6.07) is 1.05. The number of allylic oxidation sites excluding steroid dienone is 2. The van der Waals surface area contributed by atoms with Crippen LogP contribution in [-0.4, -0.2) is 27.0 Å². The Morgan fingerprint density at radius 1 is 1.35 bits per heavy atom. The quantitative estimate of drug-likeness (QED) is 0.347. The van der Waals surface area contributed by atoms with Crippen molar-refractivity contribution in [2.45, 2.75) is 79.1 Å². The second-order valence-electron chi connectivity index (χ2n) is 8.28. The lowest BCUT2D eigenvalue weighted by Gasteiger charge is -2.38. The Kier molecular flexibility index (Phi) is 8.02. The van der Waals surface area contributed by atoms with Gasteiger partial charge < -0.3 is 9.16 Å². The summed E-state index contributed by atoms with van der Waals surface area (Å²) >= 11 is 0. The van der Waals surface area contributed by atoms with Crippen molar-refractivity contribution >= 4 is 14.3 Å². The van der Waals surface area contributed by atoms with E-state index in [1.54, 1.807) is 0 Å². The first-order valence-electron chi connectivity index (χ1n) is 9.07. The lowest BCUT2D eigenvalue weighted by Crippen LogP contribution is -2.42. The topological polar surface area (TPSA) is 35.5 Å². The van der Waals surface area contributed by atoms with Crippen LogP contribution in [0, 0.1) is 17.8 Å². The van der Waals surface area contributed by atoms with Gasteiger partial charge in [-0.1, -0.05) is 18.6 Å². The maximum atomic E-state index is 11.8. The van der Waals surface area contributed by atoms with Gasteiger partial charge in [0.1, 0.15) is 0 Å². The largest absolute Gasteiger partial charge is 0.465 e. The lowest BCUT2D eigenvalue weighted by atomic mass is 9.78. The molecule has 4 heteroatoms. The zero-order valence-corrected chi connectivity index (χ0v) is 17.1. The molecule has 0 bridgehead atoms. The van der Waals surface area contributed by atoms with Crippen molar-refractivity contribution < 1.29 is 14.0 Å². The SMILES string of the molecule is CC(C)=CCC[C@H](C)[C@H]1COC(=O)C[C@@H]1C[Si](C)(C)OC(C)C. The van der Waals surface area contributed by atoms with Gasteiger partial charge in [-0.25, -0.2) is 0 Å². The Bertz CT molecular complexity index is 411. The third-order valence-corrected chi connectivity index (χ3v) is 7.30. The maximum absolute atomic E-state index is 11.8. The summed E-state index contributed by atoms with van der Waals surface area (Å²) in [6.07, 6.45) is 5.41. The number of carbonyl (C=O) groups excluding carboxylic acids is 1. The number of carbonyl (C=O) groups is 1. The summed E-state index contributed by atoms with van der Waals surface area (Å²) in [7, 11) is -1.74.